The zero-order valence-corrected chi connectivity index (χ0v) is 3.30. The number of hydrogen-bond donors (Lipinski definition) is 0. The topological polar surface area (TPSA) is 0 Å². The van der Waals surface area contributed by atoms with Crippen LogP contribution in [-0.2, 0) is 0 Å². The fourth-order valence-electron chi connectivity index (χ4n) is 0. The highest BCUT2D eigenvalue weighted by atomic mass is 35.5. The van der Waals surface area contributed by atoms with Gasteiger partial charge in [0.15, 0.2) is 5.29 Å². The van der Waals surface area contributed by atoms with Gasteiger partial charge in [-0.2, -0.15) is 4.39 Å². The first kappa shape index (κ1) is 4.96. The molecule has 0 amide bonds. The normalized spacial score (nSPS) is 12.2. The molecule has 0 saturated carbocycles. The van der Waals surface area contributed by atoms with E-state index in [4.69, 9.17) is 0 Å². The predicted molar refractivity (Wildman–Crippen MR) is 20.4 cm³/mol. The standard InChI is InChI=1S/C3H3ClF/c1-2-3(4)5/h2H,1H2/b3-2-. The third-order valence-electron chi connectivity index (χ3n) is 0.154. The molecule has 0 spiro atoms. The van der Waals surface area contributed by atoms with Gasteiger partial charge in [-0.1, -0.05) is 11.6 Å². The molecule has 0 aromatic heterocycles. The number of halogens is 2. The van der Waals surface area contributed by atoms with Crippen LogP contribution < -0.4 is 0 Å². The maximum absolute atomic E-state index is 11.0. The molecule has 0 heterocycles. The van der Waals surface area contributed by atoms with E-state index in [1.807, 2.05) is 0 Å². The fourth-order valence-corrected chi connectivity index (χ4v) is 0. The van der Waals surface area contributed by atoms with E-state index in [1.54, 1.807) is 0 Å². The van der Waals surface area contributed by atoms with Gasteiger partial charge < -0.3 is 0 Å². The van der Waals surface area contributed by atoms with Crippen LogP contribution in [0.4, 0.5) is 4.39 Å². The van der Waals surface area contributed by atoms with E-state index in [2.05, 4.69) is 18.5 Å². The predicted octanol–water partition coefficient (Wildman–Crippen LogP) is 1.87. The van der Waals surface area contributed by atoms with Crippen molar-refractivity contribution >= 4 is 11.6 Å². The summed E-state index contributed by atoms with van der Waals surface area (Å²) in [5.41, 5.74) is 0. The molecular weight excluding hydrogens is 90.5 g/mol. The van der Waals surface area contributed by atoms with Crippen LogP contribution in [0.2, 0.25) is 0 Å². The summed E-state index contributed by atoms with van der Waals surface area (Å²) in [6.07, 6.45) is 0.932. The molecule has 2 heteroatoms. The average Bonchev–Trinajstić information content (AvgIpc) is 1.38. The van der Waals surface area contributed by atoms with Crippen LogP contribution in [-0.4, -0.2) is 0 Å². The number of hydrogen-bond acceptors (Lipinski definition) is 0. The van der Waals surface area contributed by atoms with Gasteiger partial charge in [-0.3, -0.25) is 0 Å². The molecule has 0 aliphatic rings. The lowest BCUT2D eigenvalue weighted by molar-refractivity contribution is 0.695. The second-order valence-corrected chi connectivity index (χ2v) is 0.855. The monoisotopic (exact) mass is 93.0 g/mol. The van der Waals surface area contributed by atoms with Gasteiger partial charge in [0.05, 0.1) is 0 Å². The Balaban J connectivity index is 3.14. The van der Waals surface area contributed by atoms with Gasteiger partial charge >= 0.3 is 0 Å². The first-order valence-electron chi connectivity index (χ1n) is 1.07. The molecule has 0 saturated heterocycles. The maximum Gasteiger partial charge on any atom is 0.185 e. The summed E-state index contributed by atoms with van der Waals surface area (Å²) >= 11 is 4.59. The summed E-state index contributed by atoms with van der Waals surface area (Å²) in [4.78, 5) is 0. The van der Waals surface area contributed by atoms with E-state index in [9.17, 15) is 4.39 Å². The Morgan fingerprint density at radius 2 is 2.20 bits per heavy atom. The SMILES string of the molecule is [CH2]/C=C(\F)Cl. The molecule has 1 radical (unpaired) electrons. The van der Waals surface area contributed by atoms with Gasteiger partial charge in [-0.25, -0.2) is 0 Å². The Kier molecular flexibility index (Phi) is 2.19. The lowest BCUT2D eigenvalue weighted by Gasteiger charge is -1.64. The summed E-state index contributed by atoms with van der Waals surface area (Å²) in [7, 11) is 0. The van der Waals surface area contributed by atoms with Crippen LogP contribution in [0.15, 0.2) is 11.4 Å². The van der Waals surface area contributed by atoms with Crippen LogP contribution in [0.25, 0.3) is 0 Å². The van der Waals surface area contributed by atoms with Crippen LogP contribution in [0.3, 0.4) is 0 Å². The third kappa shape index (κ3) is 3.96. The van der Waals surface area contributed by atoms with Crippen LogP contribution in [0.5, 0.6) is 0 Å². The van der Waals surface area contributed by atoms with E-state index in [-0.39, 0.29) is 0 Å². The molecule has 29 valence electrons. The zero-order chi connectivity index (χ0) is 4.28. The van der Waals surface area contributed by atoms with Crippen molar-refractivity contribution in [2.75, 3.05) is 0 Å². The molecule has 0 bridgehead atoms. The Labute approximate surface area is 35.2 Å². The Morgan fingerprint density at radius 3 is 2.20 bits per heavy atom. The van der Waals surface area contributed by atoms with Gasteiger partial charge in [0.1, 0.15) is 0 Å². The van der Waals surface area contributed by atoms with Crippen LogP contribution in [0.1, 0.15) is 0 Å². The van der Waals surface area contributed by atoms with E-state index in [1.165, 1.54) is 0 Å². The minimum Gasteiger partial charge on any atom is -0.194 e. The summed E-state index contributed by atoms with van der Waals surface area (Å²) in [5.74, 6) is 0. The lowest BCUT2D eigenvalue weighted by Crippen LogP contribution is -1.42. The van der Waals surface area contributed by atoms with E-state index < -0.39 is 5.29 Å². The summed E-state index contributed by atoms with van der Waals surface area (Å²) in [5, 5.41) is -0.759. The fraction of sp³-hybridized carbons (Fsp3) is 0. The van der Waals surface area contributed by atoms with Crippen molar-refractivity contribution < 1.29 is 4.39 Å². The minimum absolute atomic E-state index is 0.759. The molecular formula is C3H3ClF. The van der Waals surface area contributed by atoms with Crippen molar-refractivity contribution in [3.05, 3.63) is 18.3 Å². The van der Waals surface area contributed by atoms with E-state index in [0.717, 1.165) is 6.08 Å². The molecule has 0 unspecified atom stereocenters. The summed E-state index contributed by atoms with van der Waals surface area (Å²) < 4.78 is 11.0. The highest BCUT2D eigenvalue weighted by Crippen LogP contribution is 1.97. The Morgan fingerprint density at radius 1 is 2.00 bits per heavy atom. The Bertz CT molecular complexity index is 44.9. The molecule has 0 aliphatic heterocycles. The van der Waals surface area contributed by atoms with Crippen molar-refractivity contribution in [3.8, 4) is 0 Å². The quantitative estimate of drug-likeness (QED) is 0.429. The molecule has 5 heavy (non-hydrogen) atoms. The minimum atomic E-state index is -0.759. The number of allylic oxidation sites excluding steroid dienone is 1. The second-order valence-electron chi connectivity index (χ2n) is 0.494. The molecule has 0 rings (SSSR count). The first-order chi connectivity index (χ1) is 2.27. The molecule has 0 fully saturated rings. The average molecular weight is 93.5 g/mol. The molecule has 0 atom stereocenters. The highest BCUT2D eigenvalue weighted by Gasteiger charge is 1.71. The van der Waals surface area contributed by atoms with Crippen molar-refractivity contribution in [2.45, 2.75) is 0 Å². The van der Waals surface area contributed by atoms with Gasteiger partial charge in [0, 0.05) is 0 Å². The van der Waals surface area contributed by atoms with Crippen LogP contribution in [0, 0.1) is 6.92 Å². The van der Waals surface area contributed by atoms with Crippen LogP contribution >= 0.6 is 11.6 Å². The molecule has 0 aromatic carbocycles. The van der Waals surface area contributed by atoms with Gasteiger partial charge in [0.2, 0.25) is 0 Å². The Hall–Kier alpha value is -0.0400. The zero-order valence-electron chi connectivity index (χ0n) is 2.54. The maximum atomic E-state index is 11.0. The van der Waals surface area contributed by atoms with E-state index >= 15 is 0 Å². The number of rotatable bonds is 0. The van der Waals surface area contributed by atoms with Crippen molar-refractivity contribution in [3.63, 3.8) is 0 Å². The molecule has 0 N–H and O–H groups in total. The smallest absolute Gasteiger partial charge is 0.185 e. The molecule has 0 nitrogen and oxygen atoms in total. The summed E-state index contributed by atoms with van der Waals surface area (Å²) in [6.45, 7) is 3.02. The van der Waals surface area contributed by atoms with Gasteiger partial charge in [-0.15, -0.1) is 0 Å². The van der Waals surface area contributed by atoms with E-state index in [0.29, 0.717) is 0 Å². The second kappa shape index (κ2) is 2.21. The highest BCUT2D eigenvalue weighted by molar-refractivity contribution is 6.28. The van der Waals surface area contributed by atoms with Gasteiger partial charge in [0.25, 0.3) is 0 Å². The van der Waals surface area contributed by atoms with Crippen molar-refractivity contribution in [2.24, 2.45) is 0 Å². The van der Waals surface area contributed by atoms with Gasteiger partial charge in [-0.05, 0) is 13.0 Å². The first-order valence-corrected chi connectivity index (χ1v) is 1.45. The third-order valence-corrected chi connectivity index (χ3v) is 0.309. The summed E-state index contributed by atoms with van der Waals surface area (Å²) in [6, 6.07) is 0. The molecule has 0 aromatic rings. The lowest BCUT2D eigenvalue weighted by atomic mass is 10.8. The molecule has 0 aliphatic carbocycles. The van der Waals surface area contributed by atoms with Crippen molar-refractivity contribution in [1.29, 1.82) is 0 Å². The largest absolute Gasteiger partial charge is 0.194 e. The van der Waals surface area contributed by atoms with Crippen molar-refractivity contribution in [1.82, 2.24) is 0 Å².